The number of aromatic nitrogens is 3. The molecule has 0 bridgehead atoms. The predicted octanol–water partition coefficient (Wildman–Crippen LogP) is 5.67. The highest BCUT2D eigenvalue weighted by Gasteiger charge is 2.29. The fourth-order valence-corrected chi connectivity index (χ4v) is 6.09. The molecule has 8 nitrogen and oxygen atoms in total. The predicted molar refractivity (Wildman–Crippen MR) is 154 cm³/mol. The smallest absolute Gasteiger partial charge is 0.299 e. The van der Waals surface area contributed by atoms with Crippen molar-refractivity contribution in [1.82, 2.24) is 14.8 Å². The first kappa shape index (κ1) is 27.9. The Hall–Kier alpha value is -4.26. The van der Waals surface area contributed by atoms with Gasteiger partial charge in [0.05, 0.1) is 21.7 Å². The number of sulfonamides is 1. The maximum Gasteiger partial charge on any atom is 0.299 e. The van der Waals surface area contributed by atoms with E-state index in [0.717, 1.165) is 29.7 Å². The molecule has 1 aliphatic carbocycles. The third-order valence-electron chi connectivity index (χ3n) is 7.03. The van der Waals surface area contributed by atoms with Crippen LogP contribution in [0, 0.1) is 17.6 Å². The number of carbonyl (C=O) groups is 1. The van der Waals surface area contributed by atoms with Crippen molar-refractivity contribution in [2.75, 3.05) is 0 Å². The highest BCUT2D eigenvalue weighted by atomic mass is 32.2. The zero-order valence-corrected chi connectivity index (χ0v) is 23.7. The summed E-state index contributed by atoms with van der Waals surface area (Å²) in [5.74, 6) is -0.389. The molecule has 12 heteroatoms. The van der Waals surface area contributed by atoms with Gasteiger partial charge in [-0.05, 0) is 84.3 Å². The van der Waals surface area contributed by atoms with Gasteiger partial charge in [0.25, 0.3) is 6.47 Å². The minimum absolute atomic E-state index is 0.00395. The molecule has 5 aromatic rings. The second kappa shape index (κ2) is 11.2. The Bertz CT molecular complexity index is 1900. The maximum absolute atomic E-state index is 15.2. The van der Waals surface area contributed by atoms with Gasteiger partial charge in [-0.2, -0.15) is 10.1 Å². The third kappa shape index (κ3) is 6.01. The first-order valence-corrected chi connectivity index (χ1v) is 15.5. The lowest BCUT2D eigenvalue weighted by molar-refractivity contribution is -0.120. The number of carbonyl (C=O) groups excluding carboxylic acids is 1. The average Bonchev–Trinajstić information content (AvgIpc) is 3.53. The zero-order valence-electron chi connectivity index (χ0n) is 22.0. The summed E-state index contributed by atoms with van der Waals surface area (Å²) in [4.78, 5) is 15.3. The van der Waals surface area contributed by atoms with E-state index in [2.05, 4.69) is 4.98 Å². The van der Waals surface area contributed by atoms with Gasteiger partial charge in [-0.15, -0.1) is 0 Å². The Morgan fingerprint density at radius 2 is 1.74 bits per heavy atom. The molecule has 0 amide bonds. The molecule has 2 N–H and O–H groups in total. The van der Waals surface area contributed by atoms with Gasteiger partial charge in [0.1, 0.15) is 11.6 Å². The van der Waals surface area contributed by atoms with Crippen LogP contribution in [0.25, 0.3) is 27.5 Å². The Morgan fingerprint density at radius 1 is 1.00 bits per heavy atom. The van der Waals surface area contributed by atoms with E-state index in [1.807, 2.05) is 0 Å². The van der Waals surface area contributed by atoms with Crippen LogP contribution in [0.2, 0.25) is 0 Å². The molecule has 6 rings (SSSR count). The zero-order chi connectivity index (χ0) is 29.4. The first-order valence-electron chi connectivity index (χ1n) is 13.0. The number of primary sulfonamides is 1. The maximum atomic E-state index is 15.2. The largest absolute Gasteiger partial charge is 0.409 e. The van der Waals surface area contributed by atoms with Gasteiger partial charge in [-0.3, -0.25) is 4.79 Å². The summed E-state index contributed by atoms with van der Waals surface area (Å²) in [5.41, 5.74) is 4.47. The number of hydrogen-bond donors (Lipinski definition) is 1. The highest BCUT2D eigenvalue weighted by molar-refractivity contribution is 7.89. The summed E-state index contributed by atoms with van der Waals surface area (Å²) in [6, 6.07) is 16.7. The minimum atomic E-state index is -3.86. The molecule has 0 saturated heterocycles. The first-order chi connectivity index (χ1) is 20.2. The van der Waals surface area contributed by atoms with Crippen LogP contribution in [-0.4, -0.2) is 29.7 Å². The molecular formula is C30H24F2N4O4S2. The molecular weight excluding hydrogens is 582 g/mol. The Kier molecular flexibility index (Phi) is 7.43. The van der Waals surface area contributed by atoms with E-state index in [1.165, 1.54) is 47.7 Å². The van der Waals surface area contributed by atoms with Crippen molar-refractivity contribution >= 4 is 27.8 Å². The normalized spacial score (nSPS) is 13.3. The molecule has 1 saturated carbocycles. The summed E-state index contributed by atoms with van der Waals surface area (Å²) >= 11 is 1.21. The van der Waals surface area contributed by atoms with Crippen molar-refractivity contribution in [3.05, 3.63) is 101 Å². The molecule has 0 atom stereocenters. The molecule has 2 aromatic heterocycles. The van der Waals surface area contributed by atoms with Crippen LogP contribution in [-0.2, 0) is 27.7 Å². The number of nitrogens with two attached hydrogens (primary N) is 1. The Morgan fingerprint density at radius 3 is 2.43 bits per heavy atom. The van der Waals surface area contributed by atoms with Crippen LogP contribution < -0.4 is 9.88 Å². The van der Waals surface area contributed by atoms with E-state index in [9.17, 15) is 17.6 Å². The number of halogens is 2. The van der Waals surface area contributed by atoms with E-state index in [1.54, 1.807) is 40.4 Å². The number of benzene rings is 3. The van der Waals surface area contributed by atoms with Crippen LogP contribution in [0.4, 0.5) is 8.78 Å². The molecule has 2 heterocycles. The van der Waals surface area contributed by atoms with E-state index < -0.39 is 21.7 Å². The van der Waals surface area contributed by atoms with Gasteiger partial charge in [-0.1, -0.05) is 35.6 Å². The molecule has 3 aromatic carbocycles. The van der Waals surface area contributed by atoms with Gasteiger partial charge >= 0.3 is 0 Å². The van der Waals surface area contributed by atoms with Gasteiger partial charge in [0, 0.05) is 17.5 Å². The monoisotopic (exact) mass is 606 g/mol. The lowest BCUT2D eigenvalue weighted by Crippen LogP contribution is -2.11. The number of hydrogen-bond acceptors (Lipinski definition) is 7. The summed E-state index contributed by atoms with van der Waals surface area (Å²) in [6.45, 7) is 0.288. The van der Waals surface area contributed by atoms with Crippen LogP contribution in [0.1, 0.15) is 29.7 Å². The van der Waals surface area contributed by atoms with Gasteiger partial charge in [0.2, 0.25) is 21.0 Å². The number of thiazole rings is 1. The lowest BCUT2D eigenvalue weighted by atomic mass is 9.95. The van der Waals surface area contributed by atoms with E-state index >= 15 is 4.39 Å². The van der Waals surface area contributed by atoms with E-state index in [0.29, 0.717) is 46.3 Å². The van der Waals surface area contributed by atoms with Gasteiger partial charge < -0.3 is 4.74 Å². The van der Waals surface area contributed by atoms with Crippen LogP contribution >= 0.6 is 11.3 Å². The molecule has 0 aliphatic heterocycles. The van der Waals surface area contributed by atoms with Crippen molar-refractivity contribution in [2.24, 2.45) is 11.1 Å². The quantitative estimate of drug-likeness (QED) is 0.205. The number of rotatable bonds is 10. The number of nitrogens with zero attached hydrogens (tertiary/aromatic N) is 3. The van der Waals surface area contributed by atoms with Gasteiger partial charge in [0.15, 0.2) is 0 Å². The van der Waals surface area contributed by atoms with E-state index in [4.69, 9.17) is 15.0 Å². The second-order valence-corrected chi connectivity index (χ2v) is 12.5. The lowest BCUT2D eigenvalue weighted by Gasteiger charge is -2.12. The standard InChI is InChI=1S/C30H24F2N4O4S2/c31-23-3-1-2-20(13-23)21-12-22(15-24(32)14-21)29-26(10-18-6-8-25(9-7-18)42(33,38)39)27(11-19-4-5-19)35-36(29)30-34-28(16-41-30)40-17-37/h1-3,6-9,12-17,19H,4-5,10-11H2,(H2,33,38,39). The third-order valence-corrected chi connectivity index (χ3v) is 8.75. The minimum Gasteiger partial charge on any atom is -0.409 e. The SMILES string of the molecule is NS(=O)(=O)c1ccc(Cc2c(CC3CC3)nn(-c3nc(OC=O)cs3)c2-c2cc(F)cc(-c3cccc(F)c3)c2)cc1. The average molecular weight is 607 g/mol. The van der Waals surface area contributed by atoms with Crippen LogP contribution in [0.5, 0.6) is 5.88 Å². The van der Waals surface area contributed by atoms with Crippen LogP contribution in [0.15, 0.2) is 77.0 Å². The van der Waals surface area contributed by atoms with Crippen molar-refractivity contribution in [3.8, 4) is 33.4 Å². The Balaban J connectivity index is 1.55. The molecule has 42 heavy (non-hydrogen) atoms. The fourth-order valence-electron chi connectivity index (χ4n) is 4.89. The topological polar surface area (TPSA) is 117 Å². The highest BCUT2D eigenvalue weighted by Crippen LogP contribution is 2.39. The fraction of sp³-hybridized carbons (Fsp3) is 0.167. The van der Waals surface area contributed by atoms with Crippen molar-refractivity contribution in [3.63, 3.8) is 0 Å². The molecule has 0 unspecified atom stereocenters. The van der Waals surface area contributed by atoms with Crippen molar-refractivity contribution in [2.45, 2.75) is 30.6 Å². The van der Waals surface area contributed by atoms with Crippen molar-refractivity contribution < 1.29 is 26.7 Å². The summed E-state index contributed by atoms with van der Waals surface area (Å²) in [6.07, 6.45) is 3.20. The van der Waals surface area contributed by atoms with Crippen LogP contribution in [0.3, 0.4) is 0 Å². The summed E-state index contributed by atoms with van der Waals surface area (Å²) in [7, 11) is -3.86. The van der Waals surface area contributed by atoms with Gasteiger partial charge in [-0.25, -0.2) is 27.0 Å². The second-order valence-electron chi connectivity index (χ2n) is 10.1. The van der Waals surface area contributed by atoms with Crippen molar-refractivity contribution in [1.29, 1.82) is 0 Å². The summed E-state index contributed by atoms with van der Waals surface area (Å²) < 4.78 is 59.4. The molecule has 214 valence electrons. The molecule has 0 radical (unpaired) electrons. The number of ether oxygens (including phenoxy) is 1. The molecule has 1 fully saturated rings. The molecule has 0 spiro atoms. The molecule has 1 aliphatic rings. The summed E-state index contributed by atoms with van der Waals surface area (Å²) in [5, 5.41) is 12.2. The van der Waals surface area contributed by atoms with E-state index in [-0.39, 0.29) is 17.2 Å². The Labute approximate surface area is 244 Å².